The van der Waals surface area contributed by atoms with Crippen molar-refractivity contribution in [1.29, 1.82) is 0 Å². The van der Waals surface area contributed by atoms with Crippen LogP contribution in [-0.2, 0) is 0 Å². The zero-order valence-corrected chi connectivity index (χ0v) is 10.2. The van der Waals surface area contributed by atoms with E-state index < -0.39 is 0 Å². The van der Waals surface area contributed by atoms with Gasteiger partial charge in [-0.15, -0.1) is 0 Å². The van der Waals surface area contributed by atoms with Crippen LogP contribution in [0.5, 0.6) is 0 Å². The molecule has 1 rings (SSSR count). The molecule has 0 unspecified atom stereocenters. The summed E-state index contributed by atoms with van der Waals surface area (Å²) in [6.07, 6.45) is 2.41. The van der Waals surface area contributed by atoms with Gasteiger partial charge < -0.3 is 15.5 Å². The minimum absolute atomic E-state index is 0.0298. The van der Waals surface area contributed by atoms with Crippen molar-refractivity contribution in [3.63, 3.8) is 0 Å². The first-order chi connectivity index (χ1) is 7.46. The molecular weight excluding hydrogens is 204 g/mol. The second kappa shape index (κ2) is 5.16. The lowest BCUT2D eigenvalue weighted by molar-refractivity contribution is 0.0933. The van der Waals surface area contributed by atoms with Crippen molar-refractivity contribution < 1.29 is 9.21 Å². The van der Waals surface area contributed by atoms with Crippen LogP contribution in [0.4, 0.5) is 0 Å². The SMILES string of the molecule is Cc1occc1C(=O)NCC(C)(C)CCN. The Bertz CT molecular complexity index is 356. The fraction of sp³-hybridized carbons (Fsp3) is 0.583. The second-order valence-electron chi connectivity index (χ2n) is 4.78. The Morgan fingerprint density at radius 1 is 1.56 bits per heavy atom. The Balaban J connectivity index is 2.51. The molecule has 0 radical (unpaired) electrons. The first-order valence-electron chi connectivity index (χ1n) is 5.48. The molecule has 1 aromatic heterocycles. The highest BCUT2D eigenvalue weighted by Gasteiger charge is 2.19. The largest absolute Gasteiger partial charge is 0.469 e. The molecule has 0 aromatic carbocycles. The Kier molecular flexibility index (Phi) is 4.12. The molecule has 0 aliphatic heterocycles. The number of rotatable bonds is 5. The van der Waals surface area contributed by atoms with Crippen molar-refractivity contribution in [2.75, 3.05) is 13.1 Å². The zero-order chi connectivity index (χ0) is 12.2. The third-order valence-electron chi connectivity index (χ3n) is 2.65. The van der Waals surface area contributed by atoms with Gasteiger partial charge >= 0.3 is 0 Å². The van der Waals surface area contributed by atoms with Gasteiger partial charge in [0.05, 0.1) is 11.8 Å². The quantitative estimate of drug-likeness (QED) is 0.799. The maximum absolute atomic E-state index is 11.8. The fourth-order valence-electron chi connectivity index (χ4n) is 1.51. The molecule has 16 heavy (non-hydrogen) atoms. The highest BCUT2D eigenvalue weighted by molar-refractivity contribution is 5.95. The Labute approximate surface area is 96.2 Å². The molecule has 90 valence electrons. The third kappa shape index (κ3) is 3.38. The van der Waals surface area contributed by atoms with Gasteiger partial charge in [-0.2, -0.15) is 0 Å². The van der Waals surface area contributed by atoms with E-state index in [9.17, 15) is 4.79 Å². The lowest BCUT2D eigenvalue weighted by Gasteiger charge is -2.23. The molecule has 1 aromatic rings. The van der Waals surface area contributed by atoms with Crippen LogP contribution in [0.3, 0.4) is 0 Å². The minimum Gasteiger partial charge on any atom is -0.469 e. The molecule has 0 saturated heterocycles. The topological polar surface area (TPSA) is 68.3 Å². The number of nitrogens with two attached hydrogens (primary N) is 1. The van der Waals surface area contributed by atoms with E-state index >= 15 is 0 Å². The van der Waals surface area contributed by atoms with Gasteiger partial charge in [0, 0.05) is 6.54 Å². The summed E-state index contributed by atoms with van der Waals surface area (Å²) in [7, 11) is 0. The summed E-state index contributed by atoms with van der Waals surface area (Å²) in [5, 5.41) is 2.90. The molecule has 0 fully saturated rings. The van der Waals surface area contributed by atoms with E-state index in [4.69, 9.17) is 10.2 Å². The van der Waals surface area contributed by atoms with Crippen LogP contribution < -0.4 is 11.1 Å². The number of amides is 1. The highest BCUT2D eigenvalue weighted by atomic mass is 16.3. The van der Waals surface area contributed by atoms with Crippen molar-refractivity contribution >= 4 is 5.91 Å². The summed E-state index contributed by atoms with van der Waals surface area (Å²) in [5.41, 5.74) is 6.14. The number of hydrogen-bond donors (Lipinski definition) is 2. The van der Waals surface area contributed by atoms with Gasteiger partial charge in [0.2, 0.25) is 0 Å². The molecule has 0 bridgehead atoms. The van der Waals surface area contributed by atoms with Gasteiger partial charge in [-0.25, -0.2) is 0 Å². The molecule has 3 N–H and O–H groups in total. The Morgan fingerprint density at radius 3 is 2.75 bits per heavy atom. The summed E-state index contributed by atoms with van der Waals surface area (Å²) in [5.74, 6) is 0.561. The van der Waals surface area contributed by atoms with E-state index in [2.05, 4.69) is 19.2 Å². The molecular formula is C12H20N2O2. The summed E-state index contributed by atoms with van der Waals surface area (Å²) in [4.78, 5) is 11.8. The number of hydrogen-bond acceptors (Lipinski definition) is 3. The first kappa shape index (κ1) is 12.8. The van der Waals surface area contributed by atoms with Gasteiger partial charge in [-0.3, -0.25) is 4.79 Å². The van der Waals surface area contributed by atoms with E-state index in [1.807, 2.05) is 0 Å². The molecule has 1 heterocycles. The lowest BCUT2D eigenvalue weighted by Crippen LogP contribution is -2.35. The van der Waals surface area contributed by atoms with Gasteiger partial charge in [0.1, 0.15) is 5.76 Å². The van der Waals surface area contributed by atoms with E-state index in [-0.39, 0.29) is 11.3 Å². The predicted octanol–water partition coefficient (Wildman–Crippen LogP) is 1.69. The molecule has 0 aliphatic carbocycles. The van der Waals surface area contributed by atoms with Crippen LogP contribution in [0.2, 0.25) is 0 Å². The number of furan rings is 1. The fourth-order valence-corrected chi connectivity index (χ4v) is 1.51. The smallest absolute Gasteiger partial charge is 0.254 e. The monoisotopic (exact) mass is 224 g/mol. The molecule has 0 saturated carbocycles. The summed E-state index contributed by atoms with van der Waals surface area (Å²) in [6, 6.07) is 1.68. The van der Waals surface area contributed by atoms with Crippen LogP contribution in [0.1, 0.15) is 36.4 Å². The average molecular weight is 224 g/mol. The number of carbonyl (C=O) groups is 1. The Hall–Kier alpha value is -1.29. The second-order valence-corrected chi connectivity index (χ2v) is 4.78. The summed E-state index contributed by atoms with van der Waals surface area (Å²) < 4.78 is 5.08. The third-order valence-corrected chi connectivity index (χ3v) is 2.65. The van der Waals surface area contributed by atoms with Crippen molar-refractivity contribution in [2.24, 2.45) is 11.1 Å². The van der Waals surface area contributed by atoms with E-state index in [0.717, 1.165) is 6.42 Å². The average Bonchev–Trinajstić information content (AvgIpc) is 2.61. The van der Waals surface area contributed by atoms with Crippen LogP contribution in [0.15, 0.2) is 16.7 Å². The van der Waals surface area contributed by atoms with E-state index in [1.165, 1.54) is 6.26 Å². The maximum Gasteiger partial charge on any atom is 0.254 e. The van der Waals surface area contributed by atoms with Crippen LogP contribution >= 0.6 is 0 Å². The number of nitrogens with one attached hydrogen (secondary N) is 1. The number of carbonyl (C=O) groups excluding carboxylic acids is 1. The minimum atomic E-state index is -0.0867. The highest BCUT2D eigenvalue weighted by Crippen LogP contribution is 2.18. The maximum atomic E-state index is 11.8. The van der Waals surface area contributed by atoms with Crippen LogP contribution in [0.25, 0.3) is 0 Å². The molecule has 0 aliphatic rings. The first-order valence-corrected chi connectivity index (χ1v) is 5.48. The zero-order valence-electron chi connectivity index (χ0n) is 10.2. The van der Waals surface area contributed by atoms with Crippen molar-refractivity contribution in [2.45, 2.75) is 27.2 Å². The molecule has 1 amide bonds. The molecule has 4 nitrogen and oxygen atoms in total. The van der Waals surface area contributed by atoms with Crippen LogP contribution in [0, 0.1) is 12.3 Å². The summed E-state index contributed by atoms with van der Waals surface area (Å²) in [6.45, 7) is 7.20. The van der Waals surface area contributed by atoms with Crippen LogP contribution in [-0.4, -0.2) is 19.0 Å². The van der Waals surface area contributed by atoms with E-state index in [0.29, 0.717) is 24.4 Å². The lowest BCUT2D eigenvalue weighted by atomic mass is 9.89. The van der Waals surface area contributed by atoms with Gasteiger partial charge in [0.25, 0.3) is 5.91 Å². The normalized spacial score (nSPS) is 11.5. The predicted molar refractivity (Wildman–Crippen MR) is 63.2 cm³/mol. The number of aryl methyl sites for hydroxylation is 1. The van der Waals surface area contributed by atoms with Gasteiger partial charge in [-0.1, -0.05) is 13.8 Å². The summed E-state index contributed by atoms with van der Waals surface area (Å²) >= 11 is 0. The van der Waals surface area contributed by atoms with E-state index in [1.54, 1.807) is 13.0 Å². The van der Waals surface area contributed by atoms with Crippen molar-refractivity contribution in [3.05, 3.63) is 23.7 Å². The standard InChI is InChI=1S/C12H20N2O2/c1-9-10(4-7-16-9)11(15)14-8-12(2,3)5-6-13/h4,7H,5-6,8,13H2,1-3H3,(H,14,15). The molecule has 0 spiro atoms. The van der Waals surface area contributed by atoms with Gasteiger partial charge in [0.15, 0.2) is 0 Å². The van der Waals surface area contributed by atoms with Gasteiger partial charge in [-0.05, 0) is 31.4 Å². The molecule has 4 heteroatoms. The molecule has 0 atom stereocenters. The Morgan fingerprint density at radius 2 is 2.25 bits per heavy atom. The van der Waals surface area contributed by atoms with Crippen molar-refractivity contribution in [1.82, 2.24) is 5.32 Å². The van der Waals surface area contributed by atoms with Crippen molar-refractivity contribution in [3.8, 4) is 0 Å².